The van der Waals surface area contributed by atoms with Crippen LogP contribution >= 0.6 is 11.6 Å². The highest BCUT2D eigenvalue weighted by Crippen LogP contribution is 2.30. The van der Waals surface area contributed by atoms with E-state index < -0.39 is 16.8 Å². The second kappa shape index (κ2) is 10.9. The predicted molar refractivity (Wildman–Crippen MR) is 122 cm³/mol. The van der Waals surface area contributed by atoms with Gasteiger partial charge in [-0.15, -0.1) is 0 Å². The summed E-state index contributed by atoms with van der Waals surface area (Å²) in [7, 11) is 0. The maximum atomic E-state index is 12.6. The zero-order valence-corrected chi connectivity index (χ0v) is 18.8. The Hall–Kier alpha value is -3.46. The van der Waals surface area contributed by atoms with Gasteiger partial charge in [-0.05, 0) is 43.4 Å². The van der Waals surface area contributed by atoms with Crippen LogP contribution in [0.5, 0.6) is 0 Å². The summed E-state index contributed by atoms with van der Waals surface area (Å²) in [4.78, 5) is 49.8. The zero-order chi connectivity index (χ0) is 24.0. The Balaban J connectivity index is 1.66. The van der Waals surface area contributed by atoms with Crippen LogP contribution in [0.25, 0.3) is 0 Å². The molecule has 0 saturated heterocycles. The quantitative estimate of drug-likeness (QED) is 0.312. The van der Waals surface area contributed by atoms with Crippen LogP contribution in [0, 0.1) is 16.0 Å². The van der Waals surface area contributed by atoms with Gasteiger partial charge in [-0.2, -0.15) is 0 Å². The molecule has 10 heteroatoms. The molecule has 1 saturated carbocycles. The molecule has 0 heterocycles. The second-order valence-electron chi connectivity index (χ2n) is 7.78. The maximum absolute atomic E-state index is 12.6. The van der Waals surface area contributed by atoms with Crippen LogP contribution in [-0.2, 0) is 9.53 Å². The Morgan fingerprint density at radius 2 is 1.91 bits per heavy atom. The van der Waals surface area contributed by atoms with E-state index in [1.165, 1.54) is 18.2 Å². The van der Waals surface area contributed by atoms with Crippen molar-refractivity contribution in [2.75, 3.05) is 25.0 Å². The third-order valence-electron chi connectivity index (χ3n) is 5.15. The lowest BCUT2D eigenvalue weighted by molar-refractivity contribution is -0.384. The molecule has 0 radical (unpaired) electrons. The third-order valence-corrected chi connectivity index (χ3v) is 5.46. The Bertz CT molecular complexity index is 1070. The van der Waals surface area contributed by atoms with E-state index in [0.29, 0.717) is 19.0 Å². The largest absolute Gasteiger partial charge is 0.452 e. The number of benzene rings is 2. The summed E-state index contributed by atoms with van der Waals surface area (Å²) < 4.78 is 5.23. The fourth-order valence-electron chi connectivity index (χ4n) is 3.26. The van der Waals surface area contributed by atoms with Crippen LogP contribution in [0.15, 0.2) is 42.5 Å². The average Bonchev–Trinajstić information content (AvgIpc) is 3.61. The van der Waals surface area contributed by atoms with Gasteiger partial charge in [-0.25, -0.2) is 4.79 Å². The number of ether oxygens (including phenoxy) is 1. The molecule has 1 aliphatic rings. The van der Waals surface area contributed by atoms with Gasteiger partial charge >= 0.3 is 5.97 Å². The number of para-hydroxylation sites is 1. The lowest BCUT2D eigenvalue weighted by Gasteiger charge is -2.22. The van der Waals surface area contributed by atoms with Crippen LogP contribution in [0.1, 0.15) is 46.9 Å². The van der Waals surface area contributed by atoms with E-state index in [4.69, 9.17) is 16.3 Å². The first-order valence-corrected chi connectivity index (χ1v) is 11.0. The van der Waals surface area contributed by atoms with Crippen LogP contribution < -0.4 is 5.32 Å². The first-order valence-electron chi connectivity index (χ1n) is 10.6. The topological polar surface area (TPSA) is 119 Å². The number of anilines is 1. The number of nitrogens with zero attached hydrogens (tertiary/aromatic N) is 2. The van der Waals surface area contributed by atoms with E-state index >= 15 is 0 Å². The number of halogens is 1. The molecule has 0 unspecified atom stereocenters. The number of rotatable bonds is 10. The summed E-state index contributed by atoms with van der Waals surface area (Å²) in [5.41, 5.74) is -0.00132. The molecule has 3 rings (SSSR count). The number of non-ortho nitro benzene ring substituents is 1. The van der Waals surface area contributed by atoms with E-state index in [-0.39, 0.29) is 40.0 Å². The lowest BCUT2D eigenvalue weighted by atomic mass is 10.1. The highest BCUT2D eigenvalue weighted by atomic mass is 35.5. The van der Waals surface area contributed by atoms with Gasteiger partial charge in [0.05, 0.1) is 26.8 Å². The molecular formula is C23H24ClN3O6. The van der Waals surface area contributed by atoms with Crippen molar-refractivity contribution in [3.8, 4) is 0 Å². The Morgan fingerprint density at radius 1 is 1.18 bits per heavy atom. The van der Waals surface area contributed by atoms with Gasteiger partial charge in [0, 0.05) is 25.2 Å². The third kappa shape index (κ3) is 6.52. The Morgan fingerprint density at radius 3 is 2.55 bits per heavy atom. The Kier molecular flexibility index (Phi) is 8.00. The van der Waals surface area contributed by atoms with Crippen LogP contribution in [0.4, 0.5) is 11.4 Å². The first kappa shape index (κ1) is 24.2. The van der Waals surface area contributed by atoms with Crippen LogP contribution in [0.2, 0.25) is 5.02 Å². The highest BCUT2D eigenvalue weighted by Gasteiger charge is 2.27. The van der Waals surface area contributed by atoms with Gasteiger partial charge in [0.25, 0.3) is 17.5 Å². The maximum Gasteiger partial charge on any atom is 0.340 e. The molecule has 1 aliphatic carbocycles. The van der Waals surface area contributed by atoms with E-state index in [2.05, 4.69) is 5.32 Å². The van der Waals surface area contributed by atoms with Gasteiger partial charge < -0.3 is 15.0 Å². The number of amides is 2. The van der Waals surface area contributed by atoms with Crippen molar-refractivity contribution in [3.63, 3.8) is 0 Å². The van der Waals surface area contributed by atoms with Crippen molar-refractivity contribution in [1.82, 2.24) is 4.90 Å². The molecule has 2 aromatic rings. The summed E-state index contributed by atoms with van der Waals surface area (Å²) in [5, 5.41) is 13.3. The molecule has 0 aromatic heterocycles. The molecule has 174 valence electrons. The van der Waals surface area contributed by atoms with Crippen molar-refractivity contribution >= 4 is 40.8 Å². The van der Waals surface area contributed by atoms with Crippen LogP contribution in [0.3, 0.4) is 0 Å². The van der Waals surface area contributed by atoms with Crippen LogP contribution in [-0.4, -0.2) is 47.3 Å². The monoisotopic (exact) mass is 473 g/mol. The number of carbonyl (C=O) groups is 3. The smallest absolute Gasteiger partial charge is 0.340 e. The number of hydrogen-bond donors (Lipinski definition) is 1. The van der Waals surface area contributed by atoms with E-state index in [1.807, 2.05) is 6.92 Å². The summed E-state index contributed by atoms with van der Waals surface area (Å²) in [6.07, 6.45) is 3.03. The van der Waals surface area contributed by atoms with Gasteiger partial charge in [-0.1, -0.05) is 30.7 Å². The van der Waals surface area contributed by atoms with Gasteiger partial charge in [0.15, 0.2) is 6.61 Å². The fraction of sp³-hybridized carbons (Fsp3) is 0.348. The number of nitro groups is 1. The summed E-state index contributed by atoms with van der Waals surface area (Å²) in [6.45, 7) is 2.87. The molecule has 0 aliphatic heterocycles. The second-order valence-corrected chi connectivity index (χ2v) is 8.19. The van der Waals surface area contributed by atoms with Gasteiger partial charge in [0.2, 0.25) is 0 Å². The summed E-state index contributed by atoms with van der Waals surface area (Å²) in [6, 6.07) is 9.66. The van der Waals surface area contributed by atoms with Gasteiger partial charge in [0.1, 0.15) is 0 Å². The molecular weight excluding hydrogens is 450 g/mol. The van der Waals surface area contributed by atoms with Crippen molar-refractivity contribution in [1.29, 1.82) is 0 Å². The Labute approximate surface area is 195 Å². The normalized spacial score (nSPS) is 12.7. The minimum atomic E-state index is -0.753. The molecule has 1 fully saturated rings. The van der Waals surface area contributed by atoms with E-state index in [1.54, 1.807) is 17.0 Å². The van der Waals surface area contributed by atoms with Crippen molar-refractivity contribution in [2.45, 2.75) is 26.2 Å². The van der Waals surface area contributed by atoms with E-state index in [0.717, 1.165) is 31.4 Å². The minimum Gasteiger partial charge on any atom is -0.452 e. The highest BCUT2D eigenvalue weighted by molar-refractivity contribution is 6.34. The lowest BCUT2D eigenvalue weighted by Crippen LogP contribution is -2.36. The number of nitro benzene ring substituents is 1. The molecule has 2 aromatic carbocycles. The molecule has 9 nitrogen and oxygen atoms in total. The van der Waals surface area contributed by atoms with Gasteiger partial charge in [-0.3, -0.25) is 19.7 Å². The SMILES string of the molecule is CCCN(CC1CC1)C(=O)COC(=O)c1ccccc1NC(=O)c1ccc([N+](=O)[O-])cc1Cl. The van der Waals surface area contributed by atoms with Crippen molar-refractivity contribution < 1.29 is 24.0 Å². The van der Waals surface area contributed by atoms with E-state index in [9.17, 15) is 24.5 Å². The zero-order valence-electron chi connectivity index (χ0n) is 18.1. The summed E-state index contributed by atoms with van der Waals surface area (Å²) >= 11 is 6.02. The average molecular weight is 474 g/mol. The number of esters is 1. The standard InChI is InChI=1S/C23H24ClN3O6/c1-2-11-26(13-15-7-8-15)21(28)14-33-23(30)18-5-3-4-6-20(18)25-22(29)17-10-9-16(27(31)32)12-19(17)24/h3-6,9-10,12,15H,2,7-8,11,13-14H2,1H3,(H,25,29). The molecule has 2 amide bonds. The molecule has 0 atom stereocenters. The number of hydrogen-bond acceptors (Lipinski definition) is 6. The molecule has 1 N–H and O–H groups in total. The molecule has 33 heavy (non-hydrogen) atoms. The van der Waals surface area contributed by atoms with Crippen molar-refractivity contribution in [3.05, 3.63) is 68.7 Å². The molecule has 0 spiro atoms. The van der Waals surface area contributed by atoms with Crippen molar-refractivity contribution in [2.24, 2.45) is 5.92 Å². The number of nitrogens with one attached hydrogen (secondary N) is 1. The minimum absolute atomic E-state index is 0.0101. The molecule has 0 bridgehead atoms. The predicted octanol–water partition coefficient (Wildman–Crippen LogP) is 4.31. The first-order chi connectivity index (χ1) is 15.8. The summed E-state index contributed by atoms with van der Waals surface area (Å²) in [5.74, 6) is -1.13. The number of carbonyl (C=O) groups excluding carboxylic acids is 3. The fourth-order valence-corrected chi connectivity index (χ4v) is 3.52.